The van der Waals surface area contributed by atoms with Crippen LogP contribution in [0.1, 0.15) is 0 Å². The summed E-state index contributed by atoms with van der Waals surface area (Å²) in [7, 11) is 0. The largest absolute Gasteiger partial charge is 0.399 e. The lowest BCUT2D eigenvalue weighted by Gasteiger charge is -1.93. The second-order valence-corrected chi connectivity index (χ2v) is 2.83. The summed E-state index contributed by atoms with van der Waals surface area (Å²) in [4.78, 5) is 0. The van der Waals surface area contributed by atoms with Crippen LogP contribution in [-0.2, 0) is 3.63 Å². The van der Waals surface area contributed by atoms with Crippen molar-refractivity contribution in [2.75, 3.05) is 0 Å². The van der Waals surface area contributed by atoms with Crippen molar-refractivity contribution < 1.29 is 3.63 Å². The zero-order chi connectivity index (χ0) is 8.69. The Morgan fingerprint density at radius 1 is 1.45 bits per heavy atom. The van der Waals surface area contributed by atoms with E-state index < -0.39 is 0 Å². The van der Waals surface area contributed by atoms with Crippen LogP contribution in [0.25, 0.3) is 0 Å². The molecule has 0 bridgehead atoms. The molecule has 0 saturated heterocycles. The minimum Gasteiger partial charge on any atom is -0.399 e. The lowest BCUT2D eigenvalue weighted by atomic mass is 10.4. The van der Waals surface area contributed by atoms with Gasteiger partial charge in [-0.1, -0.05) is 6.58 Å². The summed E-state index contributed by atoms with van der Waals surface area (Å²) in [6.45, 7) is 3.47. The molecule has 0 aromatic heterocycles. The molecule has 4 N–H and O–H groups in total. The summed E-state index contributed by atoms with van der Waals surface area (Å²) in [6.07, 6.45) is 4.76. The molecule has 0 aliphatic rings. The molecule has 0 unspecified atom stereocenters. The van der Waals surface area contributed by atoms with E-state index in [4.69, 9.17) is 11.5 Å². The zero-order valence-corrected chi connectivity index (χ0v) is 7.57. The third-order valence-electron chi connectivity index (χ3n) is 0.809. The summed E-state index contributed by atoms with van der Waals surface area (Å²) in [5.41, 5.74) is 11.3. The molecular weight excluding hydrogens is 180 g/mol. The monoisotopic (exact) mass is 190 g/mol. The van der Waals surface area contributed by atoms with Gasteiger partial charge in [-0.15, -0.1) is 0 Å². The third-order valence-corrected chi connectivity index (χ3v) is 1.44. The van der Waals surface area contributed by atoms with Gasteiger partial charge in [0.2, 0.25) is 0 Å². The Balaban J connectivity index is 3.99. The average molecular weight is 190 g/mol. The minimum atomic E-state index is 0.477. The molecule has 5 heteroatoms. The number of hydrogen-bond acceptors (Lipinski definition) is 5. The van der Waals surface area contributed by atoms with Gasteiger partial charge in [-0.05, 0) is 31.1 Å². The molecule has 11 heavy (non-hydrogen) atoms. The van der Waals surface area contributed by atoms with Gasteiger partial charge in [0.15, 0.2) is 0 Å². The van der Waals surface area contributed by atoms with Crippen LogP contribution in [0.15, 0.2) is 35.5 Å². The first-order chi connectivity index (χ1) is 5.20. The van der Waals surface area contributed by atoms with Gasteiger partial charge in [-0.3, -0.25) is 0 Å². The lowest BCUT2D eigenvalue weighted by molar-refractivity contribution is 0.779. The van der Waals surface area contributed by atoms with Gasteiger partial charge in [-0.2, -0.15) is 0 Å². The molecule has 0 radical (unpaired) electrons. The third kappa shape index (κ3) is 5.90. The Morgan fingerprint density at radius 2 is 2.09 bits per heavy atom. The first kappa shape index (κ1) is 10.5. The van der Waals surface area contributed by atoms with Crippen molar-refractivity contribution in [3.05, 3.63) is 35.5 Å². The average Bonchev–Trinajstić information content (AvgIpc) is 2.01. The highest BCUT2D eigenvalue weighted by Gasteiger charge is 1.87. The maximum Gasteiger partial charge on any atom is 0.0948 e. The van der Waals surface area contributed by atoms with Gasteiger partial charge < -0.3 is 11.5 Å². The molecule has 0 aliphatic carbocycles. The fourth-order valence-corrected chi connectivity index (χ4v) is 0.785. The van der Waals surface area contributed by atoms with E-state index in [9.17, 15) is 0 Å². The molecule has 62 valence electrons. The topological polar surface area (TPSA) is 61.3 Å². The molecule has 0 fully saturated rings. The fourth-order valence-electron chi connectivity index (χ4n) is 0.317. The van der Waals surface area contributed by atoms with E-state index in [2.05, 4.69) is 23.1 Å². The van der Waals surface area contributed by atoms with E-state index in [0.717, 1.165) is 12.0 Å². The van der Waals surface area contributed by atoms with Crippen molar-refractivity contribution in [1.29, 1.82) is 0 Å². The molecule has 0 heterocycles. The van der Waals surface area contributed by atoms with Crippen molar-refractivity contribution in [1.82, 2.24) is 0 Å². The van der Waals surface area contributed by atoms with Crippen molar-refractivity contribution in [3.63, 3.8) is 0 Å². The number of hydrogen-bond donors (Lipinski definition) is 3. The van der Waals surface area contributed by atoms with Crippen LogP contribution >= 0.6 is 25.0 Å². The first-order valence-electron chi connectivity index (χ1n) is 2.74. The number of nitrogens with two attached hydrogens (primary N) is 2. The summed E-state index contributed by atoms with van der Waals surface area (Å²) in [6, 6.07) is 0. The van der Waals surface area contributed by atoms with Crippen molar-refractivity contribution >= 4 is 25.0 Å². The van der Waals surface area contributed by atoms with Crippen molar-refractivity contribution in [3.8, 4) is 0 Å². The van der Waals surface area contributed by atoms with Gasteiger partial charge >= 0.3 is 0 Å². The highest BCUT2D eigenvalue weighted by atomic mass is 32.2. The molecule has 0 aliphatic heterocycles. The Hall–Kier alpha value is -0.520. The van der Waals surface area contributed by atoms with E-state index in [-0.39, 0.29) is 0 Å². The summed E-state index contributed by atoms with van der Waals surface area (Å²) in [5, 5.41) is 0.477. The second kappa shape index (κ2) is 6.21. The van der Waals surface area contributed by atoms with Crippen molar-refractivity contribution in [2.45, 2.75) is 0 Å². The smallest absolute Gasteiger partial charge is 0.0948 e. The highest BCUT2D eigenvalue weighted by molar-refractivity contribution is 8.04. The first-order valence-corrected chi connectivity index (χ1v) is 3.85. The quantitative estimate of drug-likeness (QED) is 0.355. The maximum absolute atomic E-state index is 5.40. The summed E-state index contributed by atoms with van der Waals surface area (Å²) < 4.78 is 4.39. The maximum atomic E-state index is 5.40. The van der Waals surface area contributed by atoms with Crippen LogP contribution in [0.4, 0.5) is 0 Å². The molecule has 0 saturated carbocycles. The van der Waals surface area contributed by atoms with Crippen molar-refractivity contribution in [2.24, 2.45) is 11.5 Å². The van der Waals surface area contributed by atoms with E-state index in [1.54, 1.807) is 12.2 Å². The van der Waals surface area contributed by atoms with Gasteiger partial charge in [0.1, 0.15) is 0 Å². The molecule has 0 spiro atoms. The summed E-state index contributed by atoms with van der Waals surface area (Å²) >= 11 is 4.45. The van der Waals surface area contributed by atoms with Crippen LogP contribution in [0.2, 0.25) is 0 Å². The number of thiol groups is 1. The number of rotatable bonds is 4. The van der Waals surface area contributed by atoms with Gasteiger partial charge in [0, 0.05) is 5.70 Å². The van der Waals surface area contributed by atoms with E-state index in [1.165, 1.54) is 6.08 Å². The minimum absolute atomic E-state index is 0.477. The van der Waals surface area contributed by atoms with E-state index in [0.29, 0.717) is 10.7 Å². The van der Waals surface area contributed by atoms with Crippen LogP contribution in [0.3, 0.4) is 0 Å². The van der Waals surface area contributed by atoms with Crippen LogP contribution in [0.5, 0.6) is 0 Å². The molecule has 0 amide bonds. The predicted molar refractivity (Wildman–Crippen MR) is 52.4 cm³/mol. The molecule has 0 aromatic rings. The summed E-state index contributed by atoms with van der Waals surface area (Å²) in [5.74, 6) is 0. The molecular formula is C6H10N2OS2. The normalized spacial score (nSPS) is 13.2. The Labute approximate surface area is 76.0 Å². The molecule has 0 atom stereocenters. The standard InChI is InChI=1S/C6H10N2OS2/c1-2-5(7)3-4-6(8)11-9-10/h2-4,10H,1,7-8H2/b5-3+,6-4+. The Bertz CT molecular complexity index is 189. The zero-order valence-electron chi connectivity index (χ0n) is 5.86. The van der Waals surface area contributed by atoms with Gasteiger partial charge in [0.05, 0.1) is 17.1 Å². The van der Waals surface area contributed by atoms with E-state index in [1.807, 2.05) is 0 Å². The van der Waals surface area contributed by atoms with Crippen LogP contribution in [-0.4, -0.2) is 0 Å². The molecule has 0 aromatic carbocycles. The Kier molecular flexibility index (Phi) is 5.91. The van der Waals surface area contributed by atoms with Gasteiger partial charge in [0.25, 0.3) is 0 Å². The fraction of sp³-hybridized carbons (Fsp3) is 0. The number of allylic oxidation sites excluding steroid dienone is 3. The molecule has 3 nitrogen and oxygen atoms in total. The molecule has 0 rings (SSSR count). The SMILES string of the molecule is C=C/C(N)=C\C=C(/N)SOS. The highest BCUT2D eigenvalue weighted by Crippen LogP contribution is 2.12. The predicted octanol–water partition coefficient (Wildman–Crippen LogP) is 1.32. The lowest BCUT2D eigenvalue weighted by Crippen LogP contribution is -1.93. The Morgan fingerprint density at radius 3 is 2.55 bits per heavy atom. The van der Waals surface area contributed by atoms with Crippen LogP contribution < -0.4 is 11.5 Å². The van der Waals surface area contributed by atoms with E-state index >= 15 is 0 Å². The second-order valence-electron chi connectivity index (χ2n) is 1.60. The van der Waals surface area contributed by atoms with Gasteiger partial charge in [-0.25, -0.2) is 3.63 Å². The van der Waals surface area contributed by atoms with Crippen LogP contribution in [0, 0.1) is 0 Å².